The predicted octanol–water partition coefficient (Wildman–Crippen LogP) is 4.26. The minimum Gasteiger partial charge on any atom is -0.296 e. The molecule has 4 rings (SSSR count). The minimum atomic E-state index is -3.44. The third kappa shape index (κ3) is 5.13. The smallest absolute Gasteiger partial charge is 0.262 e. The molecular weight excluding hydrogens is 482 g/mol. The molecule has 1 N–H and O–H groups in total. The Morgan fingerprint density at radius 2 is 1.76 bits per heavy atom. The number of benzene rings is 2. The first kappa shape index (κ1) is 23.1. The molecule has 2 aromatic carbocycles. The van der Waals surface area contributed by atoms with Crippen molar-refractivity contribution in [2.75, 3.05) is 11.1 Å². The zero-order valence-corrected chi connectivity index (χ0v) is 20.2. The summed E-state index contributed by atoms with van der Waals surface area (Å²) in [4.78, 5) is 13.1. The lowest BCUT2D eigenvalue weighted by Crippen LogP contribution is -2.13. The van der Waals surface area contributed by atoms with E-state index in [0.29, 0.717) is 10.7 Å². The fourth-order valence-electron chi connectivity index (χ4n) is 3.15. The third-order valence-corrected chi connectivity index (χ3v) is 7.86. The standard InChI is InChI=1S/C22H20ClN5O3S2/c1-14-8-10-17(11-9-14)33(30,31)13-12-18-25-26-22(32-18)24-21(29)19-15(2)27-28(20(19)23)16-6-4-3-5-7-16/h3-11H,12-13H2,1-2H3,(H,24,26,29). The van der Waals surface area contributed by atoms with Crippen molar-refractivity contribution in [2.45, 2.75) is 25.2 Å². The predicted molar refractivity (Wildman–Crippen MR) is 128 cm³/mol. The number of anilines is 1. The molecule has 0 aliphatic heterocycles. The number of carbonyl (C=O) groups is 1. The summed E-state index contributed by atoms with van der Waals surface area (Å²) >= 11 is 7.56. The zero-order valence-electron chi connectivity index (χ0n) is 17.8. The number of rotatable bonds is 7. The van der Waals surface area contributed by atoms with Crippen LogP contribution in [0.1, 0.15) is 26.6 Å². The Hall–Kier alpha value is -3.08. The molecule has 1 amide bonds. The molecular formula is C22H20ClN5O3S2. The summed E-state index contributed by atoms with van der Waals surface area (Å²) in [6.07, 6.45) is 0.190. The van der Waals surface area contributed by atoms with Crippen molar-refractivity contribution in [1.82, 2.24) is 20.0 Å². The molecule has 2 heterocycles. The topological polar surface area (TPSA) is 107 Å². The van der Waals surface area contributed by atoms with Gasteiger partial charge in [-0.25, -0.2) is 13.1 Å². The van der Waals surface area contributed by atoms with Crippen molar-refractivity contribution in [1.29, 1.82) is 0 Å². The van der Waals surface area contributed by atoms with Crippen LogP contribution < -0.4 is 5.32 Å². The van der Waals surface area contributed by atoms with Crippen LogP contribution in [0.3, 0.4) is 0 Å². The van der Waals surface area contributed by atoms with E-state index < -0.39 is 15.7 Å². The minimum absolute atomic E-state index is 0.104. The van der Waals surface area contributed by atoms with Crippen LogP contribution in [0.25, 0.3) is 5.69 Å². The fraction of sp³-hybridized carbons (Fsp3) is 0.182. The van der Waals surface area contributed by atoms with Gasteiger partial charge in [0.15, 0.2) is 9.84 Å². The average molecular weight is 502 g/mol. The van der Waals surface area contributed by atoms with Gasteiger partial charge in [0.25, 0.3) is 5.91 Å². The molecule has 0 bridgehead atoms. The number of nitrogens with one attached hydrogen (secondary N) is 1. The van der Waals surface area contributed by atoms with Gasteiger partial charge in [0.05, 0.1) is 22.0 Å². The number of aromatic nitrogens is 4. The SMILES string of the molecule is Cc1ccc(S(=O)(=O)CCc2nnc(NC(=O)c3c(C)nn(-c4ccccc4)c3Cl)s2)cc1. The maximum absolute atomic E-state index is 12.8. The molecule has 33 heavy (non-hydrogen) atoms. The molecule has 4 aromatic rings. The number of sulfone groups is 1. The van der Waals surface area contributed by atoms with E-state index >= 15 is 0 Å². The van der Waals surface area contributed by atoms with Crippen molar-refractivity contribution < 1.29 is 13.2 Å². The summed E-state index contributed by atoms with van der Waals surface area (Å²) < 4.78 is 26.6. The molecule has 0 atom stereocenters. The highest BCUT2D eigenvalue weighted by atomic mass is 35.5. The molecule has 0 saturated heterocycles. The fourth-order valence-corrected chi connectivity index (χ4v) is 5.62. The van der Waals surface area contributed by atoms with Crippen molar-refractivity contribution >= 4 is 43.8 Å². The first-order chi connectivity index (χ1) is 15.7. The van der Waals surface area contributed by atoms with Crippen LogP contribution in [-0.4, -0.2) is 40.1 Å². The van der Waals surface area contributed by atoms with Gasteiger partial charge >= 0.3 is 0 Å². The second-order valence-electron chi connectivity index (χ2n) is 7.34. The van der Waals surface area contributed by atoms with Gasteiger partial charge in [-0.05, 0) is 38.1 Å². The number of hydrogen-bond donors (Lipinski definition) is 1. The number of nitrogens with zero attached hydrogens (tertiary/aromatic N) is 4. The Balaban J connectivity index is 1.44. The van der Waals surface area contributed by atoms with E-state index in [1.54, 1.807) is 31.2 Å². The molecule has 0 aliphatic rings. The van der Waals surface area contributed by atoms with Crippen LogP contribution in [0.5, 0.6) is 0 Å². The Bertz CT molecular complexity index is 1400. The third-order valence-electron chi connectivity index (χ3n) is 4.88. The second kappa shape index (κ2) is 9.42. The van der Waals surface area contributed by atoms with E-state index in [4.69, 9.17) is 11.6 Å². The second-order valence-corrected chi connectivity index (χ2v) is 10.9. The van der Waals surface area contributed by atoms with Gasteiger partial charge < -0.3 is 0 Å². The van der Waals surface area contributed by atoms with Crippen molar-refractivity contribution in [3.8, 4) is 5.69 Å². The van der Waals surface area contributed by atoms with E-state index in [0.717, 1.165) is 22.6 Å². The van der Waals surface area contributed by atoms with Gasteiger partial charge in [-0.3, -0.25) is 10.1 Å². The van der Waals surface area contributed by atoms with Crippen LogP contribution in [0.4, 0.5) is 5.13 Å². The number of para-hydroxylation sites is 1. The van der Waals surface area contributed by atoms with E-state index in [-0.39, 0.29) is 32.9 Å². The maximum atomic E-state index is 12.8. The first-order valence-electron chi connectivity index (χ1n) is 9.98. The van der Waals surface area contributed by atoms with E-state index in [9.17, 15) is 13.2 Å². The Kier molecular flexibility index (Phi) is 6.59. The highest BCUT2D eigenvalue weighted by molar-refractivity contribution is 7.91. The molecule has 0 radical (unpaired) electrons. The number of halogens is 1. The average Bonchev–Trinajstić information content (AvgIpc) is 3.36. The molecule has 0 spiro atoms. The Labute approximate surface area is 200 Å². The zero-order chi connectivity index (χ0) is 23.6. The highest BCUT2D eigenvalue weighted by Gasteiger charge is 2.23. The molecule has 0 fully saturated rings. The van der Waals surface area contributed by atoms with E-state index in [1.165, 1.54) is 4.68 Å². The van der Waals surface area contributed by atoms with Crippen LogP contribution in [0, 0.1) is 13.8 Å². The van der Waals surface area contributed by atoms with Gasteiger partial charge in [-0.1, -0.05) is 58.8 Å². The normalized spacial score (nSPS) is 11.5. The highest BCUT2D eigenvalue weighted by Crippen LogP contribution is 2.25. The van der Waals surface area contributed by atoms with Crippen molar-refractivity contribution in [2.24, 2.45) is 0 Å². The Morgan fingerprint density at radius 3 is 2.45 bits per heavy atom. The number of carbonyl (C=O) groups excluding carboxylic acids is 1. The molecule has 8 nitrogen and oxygen atoms in total. The van der Waals surface area contributed by atoms with E-state index in [1.807, 2.05) is 37.3 Å². The summed E-state index contributed by atoms with van der Waals surface area (Å²) in [5.74, 6) is -0.567. The van der Waals surface area contributed by atoms with Crippen LogP contribution in [0.15, 0.2) is 59.5 Å². The largest absolute Gasteiger partial charge is 0.296 e. The maximum Gasteiger partial charge on any atom is 0.262 e. The Morgan fingerprint density at radius 1 is 1.06 bits per heavy atom. The van der Waals surface area contributed by atoms with Gasteiger partial charge in [0.2, 0.25) is 5.13 Å². The van der Waals surface area contributed by atoms with Crippen molar-refractivity contribution in [3.63, 3.8) is 0 Å². The van der Waals surface area contributed by atoms with Gasteiger partial charge in [-0.15, -0.1) is 10.2 Å². The number of aryl methyl sites for hydroxylation is 3. The summed E-state index contributed by atoms with van der Waals surface area (Å²) in [6, 6.07) is 16.0. The lowest BCUT2D eigenvalue weighted by atomic mass is 10.2. The summed E-state index contributed by atoms with van der Waals surface area (Å²) in [5.41, 5.74) is 2.43. The molecule has 170 valence electrons. The summed E-state index contributed by atoms with van der Waals surface area (Å²) in [5, 5.41) is 16.0. The quantitative estimate of drug-likeness (QED) is 0.405. The number of hydrogen-bond acceptors (Lipinski definition) is 7. The summed E-state index contributed by atoms with van der Waals surface area (Å²) in [6.45, 7) is 3.59. The first-order valence-corrected chi connectivity index (χ1v) is 12.8. The van der Waals surface area contributed by atoms with Crippen LogP contribution in [0.2, 0.25) is 5.15 Å². The van der Waals surface area contributed by atoms with E-state index in [2.05, 4.69) is 20.6 Å². The lowest BCUT2D eigenvalue weighted by Gasteiger charge is -2.03. The number of amides is 1. The molecule has 0 aliphatic carbocycles. The van der Waals surface area contributed by atoms with Gasteiger partial charge in [-0.2, -0.15) is 5.10 Å². The lowest BCUT2D eigenvalue weighted by molar-refractivity contribution is 0.102. The molecule has 2 aromatic heterocycles. The summed E-state index contributed by atoms with van der Waals surface area (Å²) in [7, 11) is -3.44. The van der Waals surface area contributed by atoms with Gasteiger partial charge in [0, 0.05) is 6.42 Å². The monoisotopic (exact) mass is 501 g/mol. The molecule has 0 saturated carbocycles. The van der Waals surface area contributed by atoms with Crippen molar-refractivity contribution in [3.05, 3.63) is 81.6 Å². The van der Waals surface area contributed by atoms with Crippen LogP contribution >= 0.6 is 22.9 Å². The molecule has 11 heteroatoms. The van der Waals surface area contributed by atoms with Gasteiger partial charge in [0.1, 0.15) is 15.7 Å². The molecule has 0 unspecified atom stereocenters. The van der Waals surface area contributed by atoms with Crippen LogP contribution in [-0.2, 0) is 16.3 Å².